The number of allylic oxidation sites excluding steroid dienone is 1. The van der Waals surface area contributed by atoms with E-state index in [1.165, 1.54) is 34.7 Å². The summed E-state index contributed by atoms with van der Waals surface area (Å²) in [7, 11) is 1.19. The minimum Gasteiger partial charge on any atom is -0.489 e. The van der Waals surface area contributed by atoms with E-state index in [1.807, 2.05) is 6.92 Å². The Kier molecular flexibility index (Phi) is 9.70. The maximum atomic E-state index is 14.5. The molecule has 6 atom stereocenters. The van der Waals surface area contributed by atoms with Gasteiger partial charge < -0.3 is 19.1 Å². The van der Waals surface area contributed by atoms with Crippen LogP contribution in [0.25, 0.3) is 0 Å². The van der Waals surface area contributed by atoms with Crippen molar-refractivity contribution in [3.63, 3.8) is 0 Å². The van der Waals surface area contributed by atoms with Gasteiger partial charge in [0.2, 0.25) is 5.88 Å². The molecule has 3 aromatic rings. The van der Waals surface area contributed by atoms with Crippen molar-refractivity contribution in [3.05, 3.63) is 76.6 Å². The van der Waals surface area contributed by atoms with Crippen molar-refractivity contribution in [1.29, 1.82) is 0 Å². The van der Waals surface area contributed by atoms with Crippen molar-refractivity contribution in [2.45, 2.75) is 63.9 Å². The van der Waals surface area contributed by atoms with Gasteiger partial charge in [-0.1, -0.05) is 42.8 Å². The Morgan fingerprint density at radius 3 is 2.78 bits per heavy atom. The molecule has 2 aromatic heterocycles. The molecule has 2 bridgehead atoms. The number of methoxy groups -OCH3 is 2. The van der Waals surface area contributed by atoms with Gasteiger partial charge in [0.15, 0.2) is 11.6 Å². The van der Waals surface area contributed by atoms with Crippen LogP contribution in [0.5, 0.6) is 11.6 Å². The molecule has 0 saturated heterocycles. The number of benzene rings is 1. The summed E-state index contributed by atoms with van der Waals surface area (Å²) >= 11 is 0. The number of carbonyl (C=O) groups excluding carboxylic acids is 2. The molecule has 1 saturated carbocycles. The van der Waals surface area contributed by atoms with Gasteiger partial charge in [0, 0.05) is 38.9 Å². The zero-order valence-electron chi connectivity index (χ0n) is 30.1. The lowest BCUT2D eigenvalue weighted by Gasteiger charge is -2.45. The minimum absolute atomic E-state index is 0.0403. The fourth-order valence-electron chi connectivity index (χ4n) is 8.35. The van der Waals surface area contributed by atoms with Crippen molar-refractivity contribution >= 4 is 27.5 Å². The van der Waals surface area contributed by atoms with Gasteiger partial charge in [-0.15, -0.1) is 9.46 Å². The lowest BCUT2D eigenvalue weighted by Crippen LogP contribution is -2.49. The third-order valence-corrected chi connectivity index (χ3v) is 13.0. The summed E-state index contributed by atoms with van der Waals surface area (Å²) in [5, 5.41) is 4.14. The first kappa shape index (κ1) is 35.2. The Bertz CT molecular complexity index is 1980. The van der Waals surface area contributed by atoms with E-state index in [1.54, 1.807) is 26.3 Å². The predicted molar refractivity (Wildman–Crippen MR) is 195 cm³/mol. The summed E-state index contributed by atoms with van der Waals surface area (Å²) in [6.45, 7) is 5.98. The van der Waals surface area contributed by atoms with Gasteiger partial charge in [0.25, 0.3) is 5.91 Å². The van der Waals surface area contributed by atoms with Crippen molar-refractivity contribution in [2.75, 3.05) is 44.6 Å². The van der Waals surface area contributed by atoms with Crippen LogP contribution in [-0.2, 0) is 33.5 Å². The zero-order valence-corrected chi connectivity index (χ0v) is 30.9. The highest BCUT2D eigenvalue weighted by molar-refractivity contribution is 7.92. The topological polar surface area (TPSA) is 137 Å². The number of aryl methyl sites for hydroxylation is 3. The standard InChI is InChI=1S/C38H48N6O6S/c1-24-11-14-30-26(18-24)9-7-17-38(30)22-44-19-27-12-13-28(27)32(48-4)10-6-8-25(2)21-51(47,41-35(45)29-20-43(3)40-37(29)49-5)42-36(46)31-15-16-33(50-23-38)34(44)39-31/h6,10-11,14-16,18,20,25,27-28,32H,7-9,12-13,17,19,21-23H2,1-5H3,(H,41,42,45,46,47)/b10-6+/t25-,27-,28+,32-,38-,51?/m0/s1. The summed E-state index contributed by atoms with van der Waals surface area (Å²) in [4.78, 5) is 34.7. The quantitative estimate of drug-likeness (QED) is 0.362. The molecule has 13 heteroatoms. The molecule has 2 amide bonds. The van der Waals surface area contributed by atoms with E-state index in [4.69, 9.17) is 19.2 Å². The number of carbonyl (C=O) groups is 2. The zero-order chi connectivity index (χ0) is 35.9. The lowest BCUT2D eigenvalue weighted by molar-refractivity contribution is 0.0131. The van der Waals surface area contributed by atoms with Gasteiger partial charge in [0.1, 0.15) is 21.2 Å². The minimum atomic E-state index is -3.62. The van der Waals surface area contributed by atoms with Gasteiger partial charge in [-0.05, 0) is 86.5 Å². The molecule has 1 aromatic carbocycles. The summed E-state index contributed by atoms with van der Waals surface area (Å²) in [5.41, 5.74) is 3.82. The summed E-state index contributed by atoms with van der Waals surface area (Å²) in [5.74, 6) is 0.234. The van der Waals surface area contributed by atoms with Crippen LogP contribution in [0, 0.1) is 24.7 Å². The highest BCUT2D eigenvalue weighted by atomic mass is 32.2. The first-order valence-corrected chi connectivity index (χ1v) is 19.6. The highest BCUT2D eigenvalue weighted by Gasteiger charge is 2.45. The number of hydrogen-bond acceptors (Lipinski definition) is 9. The fourth-order valence-corrected chi connectivity index (χ4v) is 10.2. The van der Waals surface area contributed by atoms with E-state index in [0.29, 0.717) is 43.0 Å². The fraction of sp³-hybridized carbons (Fsp3) is 0.526. The van der Waals surface area contributed by atoms with Gasteiger partial charge >= 0.3 is 5.91 Å². The number of amides is 2. The van der Waals surface area contributed by atoms with Crippen LogP contribution in [0.15, 0.2) is 53.0 Å². The van der Waals surface area contributed by atoms with Crippen LogP contribution >= 0.6 is 0 Å². The van der Waals surface area contributed by atoms with Crippen LogP contribution in [0.3, 0.4) is 0 Å². The molecular weight excluding hydrogens is 669 g/mol. The molecule has 1 unspecified atom stereocenters. The number of pyridine rings is 1. The molecule has 1 spiro atoms. The Balaban J connectivity index is 1.31. The molecule has 0 radical (unpaired) electrons. The molecule has 1 N–H and O–H groups in total. The molecule has 4 aliphatic rings. The largest absolute Gasteiger partial charge is 0.489 e. The maximum absolute atomic E-state index is 14.5. The van der Waals surface area contributed by atoms with Crippen molar-refractivity contribution in [3.8, 4) is 11.6 Å². The number of aromatic nitrogens is 3. The number of nitrogens with zero attached hydrogens (tertiary/aromatic N) is 5. The molecule has 2 aliphatic heterocycles. The smallest absolute Gasteiger partial charge is 0.305 e. The maximum Gasteiger partial charge on any atom is 0.305 e. The first-order valence-electron chi connectivity index (χ1n) is 17.9. The second-order valence-corrected chi connectivity index (χ2v) is 16.8. The summed E-state index contributed by atoms with van der Waals surface area (Å²) < 4.78 is 40.7. The number of ether oxygens (including phenoxy) is 3. The number of anilines is 1. The molecule has 7 rings (SSSR count). The van der Waals surface area contributed by atoms with E-state index in [9.17, 15) is 13.8 Å². The second-order valence-electron chi connectivity index (χ2n) is 14.8. The molecular formula is C38H48N6O6S. The third kappa shape index (κ3) is 7.02. The molecule has 1 fully saturated rings. The van der Waals surface area contributed by atoms with Crippen LogP contribution in [0.4, 0.5) is 5.82 Å². The average molecular weight is 717 g/mol. The molecule has 2 aliphatic carbocycles. The van der Waals surface area contributed by atoms with Crippen molar-refractivity contribution < 1.29 is 28.0 Å². The summed E-state index contributed by atoms with van der Waals surface area (Å²) in [6, 6.07) is 10.1. The highest BCUT2D eigenvalue weighted by Crippen LogP contribution is 2.46. The van der Waals surface area contributed by atoms with E-state index < -0.39 is 21.7 Å². The van der Waals surface area contributed by atoms with Gasteiger partial charge in [-0.25, -0.2) is 9.19 Å². The Labute approximate surface area is 300 Å². The van der Waals surface area contributed by atoms with E-state index in [2.05, 4.69) is 56.4 Å². The lowest BCUT2D eigenvalue weighted by atomic mass is 9.68. The van der Waals surface area contributed by atoms with E-state index in [0.717, 1.165) is 38.6 Å². The number of fused-ring (bicyclic) bond motifs is 4. The predicted octanol–water partition coefficient (Wildman–Crippen LogP) is 5.20. The van der Waals surface area contributed by atoms with Gasteiger partial charge in [0.05, 0.1) is 25.6 Å². The Morgan fingerprint density at radius 2 is 2.02 bits per heavy atom. The molecule has 4 heterocycles. The number of rotatable bonds is 4. The van der Waals surface area contributed by atoms with Crippen molar-refractivity contribution in [2.24, 2.45) is 29.2 Å². The van der Waals surface area contributed by atoms with Gasteiger partial charge in [-0.2, -0.15) is 0 Å². The molecule has 272 valence electrons. The van der Waals surface area contributed by atoms with E-state index >= 15 is 0 Å². The average Bonchev–Trinajstić information content (AvgIpc) is 3.40. The van der Waals surface area contributed by atoms with Crippen LogP contribution in [0.1, 0.15) is 76.6 Å². The van der Waals surface area contributed by atoms with E-state index in [-0.39, 0.29) is 40.3 Å². The third-order valence-electron chi connectivity index (χ3n) is 11.0. The van der Waals surface area contributed by atoms with Gasteiger partial charge in [-0.3, -0.25) is 19.0 Å². The normalized spacial score (nSPS) is 29.7. The Morgan fingerprint density at radius 1 is 1.18 bits per heavy atom. The summed E-state index contributed by atoms with van der Waals surface area (Å²) in [6.07, 6.45) is 11.3. The Hall–Kier alpha value is -4.23. The molecule has 51 heavy (non-hydrogen) atoms. The molecule has 12 nitrogen and oxygen atoms in total. The monoisotopic (exact) mass is 716 g/mol. The SMILES string of the molecule is COc1nn(C)cc1C(=O)NS1(=O)=NC(=O)c2ccc3c(n2)N(C[C@@H]2CC[C@H]2[C@@H](OC)/C=C/C[C@H](C)C1)C[C@@]1(CCCc2cc(C)ccc21)CO3. The second kappa shape index (κ2) is 14.1. The van der Waals surface area contributed by atoms with Crippen LogP contribution in [0.2, 0.25) is 0 Å². The number of nitrogens with one attached hydrogen (secondary N) is 1. The number of hydrogen-bond donors (Lipinski definition) is 1. The van der Waals surface area contributed by atoms with Crippen LogP contribution in [-0.4, -0.2) is 76.6 Å². The first-order chi connectivity index (χ1) is 24.5. The van der Waals surface area contributed by atoms with Crippen LogP contribution < -0.4 is 19.1 Å². The van der Waals surface area contributed by atoms with Crippen molar-refractivity contribution in [1.82, 2.24) is 19.5 Å².